The van der Waals surface area contributed by atoms with Gasteiger partial charge in [0.15, 0.2) is 12.4 Å². The van der Waals surface area contributed by atoms with Gasteiger partial charge in [0.1, 0.15) is 0 Å². The Morgan fingerprint density at radius 3 is 2.37 bits per heavy atom. The Hall–Kier alpha value is -2.61. The number of nitrogens with one attached hydrogen (secondary N) is 1. The third-order valence-corrected chi connectivity index (χ3v) is 4.85. The standard InChI is InChI=1S/C19H23N3O4S/c1-12-19(13(2)22(3)21-12)20-17(24)11-26-18(25)10-9-16(23)14-5-7-15(27-4)8-6-14/h5-8H,9-11H2,1-4H3,(H,20,24). The number of aromatic nitrogens is 2. The van der Waals surface area contributed by atoms with Crippen LogP contribution >= 0.6 is 11.8 Å². The number of rotatable bonds is 8. The van der Waals surface area contributed by atoms with E-state index in [-0.39, 0.29) is 18.6 Å². The third kappa shape index (κ3) is 5.68. The molecule has 1 N–H and O–H groups in total. The topological polar surface area (TPSA) is 90.3 Å². The molecule has 1 amide bonds. The SMILES string of the molecule is CSc1ccc(C(=O)CCC(=O)OCC(=O)Nc2c(C)nn(C)c2C)cc1. The van der Waals surface area contributed by atoms with Crippen molar-refractivity contribution >= 4 is 35.1 Å². The van der Waals surface area contributed by atoms with E-state index in [1.807, 2.05) is 25.3 Å². The highest BCUT2D eigenvalue weighted by Crippen LogP contribution is 2.18. The molecule has 0 saturated heterocycles. The van der Waals surface area contributed by atoms with Crippen molar-refractivity contribution in [2.75, 3.05) is 18.2 Å². The number of Topliss-reactive ketones (excluding diaryl/α,β-unsaturated/α-hetero) is 1. The van der Waals surface area contributed by atoms with E-state index in [2.05, 4.69) is 10.4 Å². The molecule has 0 radical (unpaired) electrons. The van der Waals surface area contributed by atoms with Gasteiger partial charge in [0.25, 0.3) is 5.91 Å². The van der Waals surface area contributed by atoms with Gasteiger partial charge >= 0.3 is 5.97 Å². The lowest BCUT2D eigenvalue weighted by Gasteiger charge is -2.07. The number of anilines is 1. The average molecular weight is 389 g/mol. The number of nitrogens with zero attached hydrogens (tertiary/aromatic N) is 2. The van der Waals surface area contributed by atoms with Gasteiger partial charge < -0.3 is 10.1 Å². The highest BCUT2D eigenvalue weighted by atomic mass is 32.2. The Balaban J connectivity index is 1.76. The van der Waals surface area contributed by atoms with Crippen molar-refractivity contribution in [2.45, 2.75) is 31.6 Å². The number of esters is 1. The van der Waals surface area contributed by atoms with Crippen LogP contribution in [0.5, 0.6) is 0 Å². The predicted molar refractivity (Wildman–Crippen MR) is 104 cm³/mol. The van der Waals surface area contributed by atoms with Gasteiger partial charge in [0, 0.05) is 23.9 Å². The van der Waals surface area contributed by atoms with Gasteiger partial charge in [-0.1, -0.05) is 12.1 Å². The molecule has 0 aliphatic heterocycles. The van der Waals surface area contributed by atoms with Gasteiger partial charge in [-0.25, -0.2) is 0 Å². The number of amides is 1. The molecule has 7 nitrogen and oxygen atoms in total. The molecule has 0 aliphatic carbocycles. The molecule has 1 aromatic heterocycles. The zero-order valence-corrected chi connectivity index (χ0v) is 16.7. The number of carbonyl (C=O) groups excluding carboxylic acids is 3. The summed E-state index contributed by atoms with van der Waals surface area (Å²) in [6.07, 6.45) is 1.93. The van der Waals surface area contributed by atoms with Gasteiger partial charge in [-0.3, -0.25) is 19.1 Å². The summed E-state index contributed by atoms with van der Waals surface area (Å²) in [5.41, 5.74) is 2.67. The van der Waals surface area contributed by atoms with Crippen LogP contribution in [0.4, 0.5) is 5.69 Å². The molecule has 0 unspecified atom stereocenters. The fraction of sp³-hybridized carbons (Fsp3) is 0.368. The Bertz CT molecular complexity index is 843. The summed E-state index contributed by atoms with van der Waals surface area (Å²) >= 11 is 1.59. The third-order valence-electron chi connectivity index (χ3n) is 4.11. The van der Waals surface area contributed by atoms with Crippen molar-refractivity contribution in [3.05, 3.63) is 41.2 Å². The molecule has 2 rings (SSSR count). The summed E-state index contributed by atoms with van der Waals surface area (Å²) < 4.78 is 6.61. The number of aryl methyl sites for hydroxylation is 2. The number of hydrogen-bond donors (Lipinski definition) is 1. The van der Waals surface area contributed by atoms with Crippen LogP contribution in [0.2, 0.25) is 0 Å². The lowest BCUT2D eigenvalue weighted by Crippen LogP contribution is -2.21. The predicted octanol–water partition coefficient (Wildman–Crippen LogP) is 2.90. The van der Waals surface area contributed by atoms with Crippen LogP contribution in [0.25, 0.3) is 0 Å². The number of carbonyl (C=O) groups is 3. The van der Waals surface area contributed by atoms with E-state index in [4.69, 9.17) is 4.74 Å². The first-order chi connectivity index (χ1) is 12.8. The lowest BCUT2D eigenvalue weighted by atomic mass is 10.1. The van der Waals surface area contributed by atoms with Crippen LogP contribution in [0.3, 0.4) is 0 Å². The van der Waals surface area contributed by atoms with Gasteiger partial charge in [-0.05, 0) is 32.2 Å². The van der Waals surface area contributed by atoms with Crippen LogP contribution in [-0.2, 0) is 21.4 Å². The smallest absolute Gasteiger partial charge is 0.306 e. The number of benzene rings is 1. The molecular weight excluding hydrogens is 366 g/mol. The van der Waals surface area contributed by atoms with Crippen molar-refractivity contribution in [1.29, 1.82) is 0 Å². The average Bonchev–Trinajstić information content (AvgIpc) is 2.90. The number of ketones is 1. The van der Waals surface area contributed by atoms with E-state index in [0.29, 0.717) is 16.9 Å². The van der Waals surface area contributed by atoms with E-state index >= 15 is 0 Å². The summed E-state index contributed by atoms with van der Waals surface area (Å²) in [5.74, 6) is -1.16. The van der Waals surface area contributed by atoms with Crippen LogP contribution in [0.15, 0.2) is 29.2 Å². The maximum Gasteiger partial charge on any atom is 0.306 e. The van der Waals surface area contributed by atoms with E-state index in [0.717, 1.165) is 10.6 Å². The normalized spacial score (nSPS) is 10.5. The molecule has 0 saturated carbocycles. The molecule has 0 fully saturated rings. The monoisotopic (exact) mass is 389 g/mol. The molecule has 27 heavy (non-hydrogen) atoms. The fourth-order valence-electron chi connectivity index (χ4n) is 2.49. The molecule has 1 aromatic carbocycles. The summed E-state index contributed by atoms with van der Waals surface area (Å²) in [6.45, 7) is 3.22. The van der Waals surface area contributed by atoms with Gasteiger partial charge in [-0.15, -0.1) is 11.8 Å². The summed E-state index contributed by atoms with van der Waals surface area (Å²) in [7, 11) is 1.78. The van der Waals surface area contributed by atoms with Crippen molar-refractivity contribution in [3.8, 4) is 0 Å². The van der Waals surface area contributed by atoms with Crippen molar-refractivity contribution in [1.82, 2.24) is 9.78 Å². The first-order valence-corrected chi connectivity index (χ1v) is 9.67. The van der Waals surface area contributed by atoms with E-state index in [1.165, 1.54) is 0 Å². The fourth-order valence-corrected chi connectivity index (χ4v) is 2.89. The van der Waals surface area contributed by atoms with E-state index < -0.39 is 18.5 Å². The zero-order chi connectivity index (χ0) is 20.0. The molecule has 0 spiro atoms. The van der Waals surface area contributed by atoms with Crippen LogP contribution < -0.4 is 5.32 Å². The number of ether oxygens (including phenoxy) is 1. The molecule has 0 atom stereocenters. The van der Waals surface area contributed by atoms with Gasteiger partial charge in [-0.2, -0.15) is 5.10 Å². The summed E-state index contributed by atoms with van der Waals surface area (Å²) in [6, 6.07) is 7.21. The Kier molecular flexibility index (Phi) is 7.18. The minimum Gasteiger partial charge on any atom is -0.456 e. The molecule has 144 valence electrons. The Labute approximate surface area is 162 Å². The lowest BCUT2D eigenvalue weighted by molar-refractivity contribution is -0.147. The second kappa shape index (κ2) is 9.36. The second-order valence-electron chi connectivity index (χ2n) is 6.03. The largest absolute Gasteiger partial charge is 0.456 e. The first kappa shape index (κ1) is 20.7. The first-order valence-electron chi connectivity index (χ1n) is 8.44. The molecule has 0 bridgehead atoms. The second-order valence-corrected chi connectivity index (χ2v) is 6.91. The van der Waals surface area contributed by atoms with Crippen molar-refractivity contribution in [2.24, 2.45) is 7.05 Å². The summed E-state index contributed by atoms with van der Waals surface area (Å²) in [5, 5.41) is 6.89. The maximum atomic E-state index is 12.1. The van der Waals surface area contributed by atoms with Crippen molar-refractivity contribution < 1.29 is 19.1 Å². The maximum absolute atomic E-state index is 12.1. The molecule has 0 aliphatic rings. The van der Waals surface area contributed by atoms with E-state index in [1.54, 1.807) is 42.5 Å². The minimum atomic E-state index is -0.584. The minimum absolute atomic E-state index is 0.0416. The Morgan fingerprint density at radius 1 is 1.15 bits per heavy atom. The zero-order valence-electron chi connectivity index (χ0n) is 15.9. The number of hydrogen-bond acceptors (Lipinski definition) is 6. The molecule has 1 heterocycles. The highest BCUT2D eigenvalue weighted by Gasteiger charge is 2.15. The quantitative estimate of drug-likeness (QED) is 0.424. The molecule has 8 heteroatoms. The van der Waals surface area contributed by atoms with Gasteiger partial charge in [0.2, 0.25) is 0 Å². The number of thioether (sulfide) groups is 1. The Morgan fingerprint density at radius 2 is 1.81 bits per heavy atom. The van der Waals surface area contributed by atoms with E-state index in [9.17, 15) is 14.4 Å². The van der Waals surface area contributed by atoms with Crippen LogP contribution in [0, 0.1) is 13.8 Å². The van der Waals surface area contributed by atoms with Crippen LogP contribution in [-0.4, -0.2) is 40.3 Å². The summed E-state index contributed by atoms with van der Waals surface area (Å²) in [4.78, 5) is 36.9. The highest BCUT2D eigenvalue weighted by molar-refractivity contribution is 7.98. The van der Waals surface area contributed by atoms with Gasteiger partial charge in [0.05, 0.1) is 23.5 Å². The molecule has 2 aromatic rings. The van der Waals surface area contributed by atoms with Crippen LogP contribution in [0.1, 0.15) is 34.6 Å². The van der Waals surface area contributed by atoms with Crippen molar-refractivity contribution in [3.63, 3.8) is 0 Å². The molecular formula is C19H23N3O4S.